The summed E-state index contributed by atoms with van der Waals surface area (Å²) in [5, 5.41) is 2.55. The highest BCUT2D eigenvalue weighted by atomic mass is 16.5. The van der Waals surface area contributed by atoms with Crippen LogP contribution in [0.2, 0.25) is 0 Å². The van der Waals surface area contributed by atoms with Gasteiger partial charge in [-0.3, -0.25) is 9.59 Å². The van der Waals surface area contributed by atoms with Crippen molar-refractivity contribution >= 4 is 11.9 Å². The summed E-state index contributed by atoms with van der Waals surface area (Å²) in [6, 6.07) is 7.11. The van der Waals surface area contributed by atoms with Crippen molar-refractivity contribution in [2.24, 2.45) is 0 Å². The number of methoxy groups -OCH3 is 1. The molecule has 18 heavy (non-hydrogen) atoms. The van der Waals surface area contributed by atoms with Crippen molar-refractivity contribution in [3.8, 4) is 5.75 Å². The first-order chi connectivity index (χ1) is 8.65. The van der Waals surface area contributed by atoms with Crippen LogP contribution in [0.15, 0.2) is 24.3 Å². The summed E-state index contributed by atoms with van der Waals surface area (Å²) < 4.78 is 9.85. The van der Waals surface area contributed by atoms with Crippen LogP contribution in [0.25, 0.3) is 0 Å². The van der Waals surface area contributed by atoms with E-state index < -0.39 is 5.97 Å². The maximum Gasteiger partial charge on any atom is 0.310 e. The molecule has 5 nitrogen and oxygen atoms in total. The van der Waals surface area contributed by atoms with Gasteiger partial charge in [-0.1, -0.05) is 12.1 Å². The summed E-state index contributed by atoms with van der Waals surface area (Å²) in [6.07, 6.45) is 0.142. The van der Waals surface area contributed by atoms with Crippen LogP contribution < -0.4 is 10.1 Å². The minimum absolute atomic E-state index is 0.142. The molecule has 0 bridgehead atoms. The summed E-state index contributed by atoms with van der Waals surface area (Å²) in [5.74, 6) is 0.0152. The molecule has 0 unspecified atom stereocenters. The number of carbonyl (C=O) groups is 2. The van der Waals surface area contributed by atoms with E-state index in [0.29, 0.717) is 6.54 Å². The number of hydrogen-bond acceptors (Lipinski definition) is 4. The third-order valence-corrected chi connectivity index (χ3v) is 2.25. The van der Waals surface area contributed by atoms with E-state index in [0.717, 1.165) is 11.3 Å². The fourth-order valence-electron chi connectivity index (χ4n) is 1.36. The number of benzene rings is 1. The Hall–Kier alpha value is -2.04. The molecule has 1 aromatic rings. The molecule has 0 fully saturated rings. The summed E-state index contributed by atoms with van der Waals surface area (Å²) in [4.78, 5) is 22.5. The second-order valence-corrected chi connectivity index (χ2v) is 3.64. The first-order valence-electron chi connectivity index (χ1n) is 5.71. The SMILES string of the molecule is CCNC(=O)COC(=O)Cc1ccc(OC)cc1. The summed E-state index contributed by atoms with van der Waals surface area (Å²) in [6.45, 7) is 2.09. The van der Waals surface area contributed by atoms with Gasteiger partial charge in [0.2, 0.25) is 0 Å². The molecule has 1 aromatic carbocycles. The van der Waals surface area contributed by atoms with Crippen LogP contribution in [0.5, 0.6) is 5.75 Å². The summed E-state index contributed by atoms with van der Waals surface area (Å²) >= 11 is 0. The first kappa shape index (κ1) is 14.0. The number of carbonyl (C=O) groups excluding carboxylic acids is 2. The molecular formula is C13H17NO4. The molecule has 0 aliphatic rings. The molecule has 0 aliphatic heterocycles. The standard InChI is InChI=1S/C13H17NO4/c1-3-14-12(15)9-18-13(16)8-10-4-6-11(17-2)7-5-10/h4-7H,3,8-9H2,1-2H3,(H,14,15). The fraction of sp³-hybridized carbons (Fsp3) is 0.385. The number of amides is 1. The maximum absolute atomic E-state index is 11.4. The molecule has 1 N–H and O–H groups in total. The van der Waals surface area contributed by atoms with Crippen molar-refractivity contribution in [2.75, 3.05) is 20.3 Å². The Kier molecular flexibility index (Phi) is 5.70. The van der Waals surface area contributed by atoms with Gasteiger partial charge in [0.15, 0.2) is 6.61 Å². The number of nitrogens with one attached hydrogen (secondary N) is 1. The minimum Gasteiger partial charge on any atom is -0.497 e. The lowest BCUT2D eigenvalue weighted by Crippen LogP contribution is -2.28. The van der Waals surface area contributed by atoms with Gasteiger partial charge >= 0.3 is 5.97 Å². The second kappa shape index (κ2) is 7.32. The van der Waals surface area contributed by atoms with Gasteiger partial charge in [-0.25, -0.2) is 0 Å². The zero-order valence-corrected chi connectivity index (χ0v) is 10.6. The molecule has 1 rings (SSSR count). The van der Waals surface area contributed by atoms with Crippen molar-refractivity contribution in [3.05, 3.63) is 29.8 Å². The Balaban J connectivity index is 2.37. The Morgan fingerprint density at radius 2 is 1.89 bits per heavy atom. The number of ether oxygens (including phenoxy) is 2. The van der Waals surface area contributed by atoms with Crippen LogP contribution in [0.4, 0.5) is 0 Å². The molecule has 0 aromatic heterocycles. The van der Waals surface area contributed by atoms with Gasteiger partial charge < -0.3 is 14.8 Å². The van der Waals surface area contributed by atoms with Gasteiger partial charge in [0.1, 0.15) is 5.75 Å². The first-order valence-corrected chi connectivity index (χ1v) is 5.71. The van der Waals surface area contributed by atoms with Crippen molar-refractivity contribution in [3.63, 3.8) is 0 Å². The van der Waals surface area contributed by atoms with Gasteiger partial charge in [-0.05, 0) is 24.6 Å². The van der Waals surface area contributed by atoms with E-state index in [1.165, 1.54) is 0 Å². The monoisotopic (exact) mass is 251 g/mol. The van der Waals surface area contributed by atoms with Crippen molar-refractivity contribution in [1.29, 1.82) is 0 Å². The smallest absolute Gasteiger partial charge is 0.310 e. The molecular weight excluding hydrogens is 234 g/mol. The van der Waals surface area contributed by atoms with Gasteiger partial charge in [0.25, 0.3) is 5.91 Å². The van der Waals surface area contributed by atoms with Crippen LogP contribution in [-0.4, -0.2) is 32.1 Å². The molecule has 0 atom stereocenters. The van der Waals surface area contributed by atoms with Crippen LogP contribution in [-0.2, 0) is 20.7 Å². The molecule has 0 saturated carbocycles. The van der Waals surface area contributed by atoms with Crippen molar-refractivity contribution < 1.29 is 19.1 Å². The average molecular weight is 251 g/mol. The molecule has 0 spiro atoms. The third kappa shape index (κ3) is 4.86. The summed E-state index contributed by atoms with van der Waals surface area (Å²) in [7, 11) is 1.58. The van der Waals surface area contributed by atoms with E-state index in [-0.39, 0.29) is 18.9 Å². The molecule has 5 heteroatoms. The van der Waals surface area contributed by atoms with E-state index >= 15 is 0 Å². The highest BCUT2D eigenvalue weighted by Crippen LogP contribution is 2.11. The van der Waals surface area contributed by atoms with Gasteiger partial charge in [-0.2, -0.15) is 0 Å². The normalized spacial score (nSPS) is 9.67. The third-order valence-electron chi connectivity index (χ3n) is 2.25. The number of likely N-dealkylation sites (N-methyl/N-ethyl adjacent to an activating group) is 1. The van der Waals surface area contributed by atoms with Gasteiger partial charge in [-0.15, -0.1) is 0 Å². The lowest BCUT2D eigenvalue weighted by Gasteiger charge is -2.05. The number of rotatable bonds is 6. The Bertz CT molecular complexity index is 400. The predicted octanol–water partition coefficient (Wildman–Crippen LogP) is 0.917. The zero-order valence-electron chi connectivity index (χ0n) is 10.6. The topological polar surface area (TPSA) is 64.6 Å². The minimum atomic E-state index is -0.425. The number of esters is 1. The molecule has 1 amide bonds. The number of hydrogen-bond donors (Lipinski definition) is 1. The van der Waals surface area contributed by atoms with E-state index in [1.807, 2.05) is 0 Å². The quantitative estimate of drug-likeness (QED) is 0.763. The largest absolute Gasteiger partial charge is 0.497 e. The predicted molar refractivity (Wildman–Crippen MR) is 66.3 cm³/mol. The van der Waals surface area contributed by atoms with Crippen molar-refractivity contribution in [2.45, 2.75) is 13.3 Å². The Labute approximate surface area is 106 Å². The van der Waals surface area contributed by atoms with Gasteiger partial charge in [0, 0.05) is 6.54 Å². The molecule has 98 valence electrons. The maximum atomic E-state index is 11.4. The highest BCUT2D eigenvalue weighted by Gasteiger charge is 2.07. The van der Waals surface area contributed by atoms with Crippen LogP contribution in [0, 0.1) is 0 Å². The van der Waals surface area contributed by atoms with E-state index in [9.17, 15) is 9.59 Å². The molecule has 0 radical (unpaired) electrons. The van der Waals surface area contributed by atoms with Gasteiger partial charge in [0.05, 0.1) is 13.5 Å². The van der Waals surface area contributed by atoms with E-state index in [2.05, 4.69) is 5.32 Å². The second-order valence-electron chi connectivity index (χ2n) is 3.64. The van der Waals surface area contributed by atoms with E-state index in [4.69, 9.17) is 9.47 Å². The lowest BCUT2D eigenvalue weighted by atomic mass is 10.1. The summed E-state index contributed by atoms with van der Waals surface area (Å²) in [5.41, 5.74) is 0.816. The average Bonchev–Trinajstić information content (AvgIpc) is 2.38. The molecule has 0 heterocycles. The van der Waals surface area contributed by atoms with Crippen LogP contribution in [0.3, 0.4) is 0 Å². The van der Waals surface area contributed by atoms with Crippen LogP contribution in [0.1, 0.15) is 12.5 Å². The van der Waals surface area contributed by atoms with E-state index in [1.54, 1.807) is 38.3 Å². The Morgan fingerprint density at radius 1 is 1.22 bits per heavy atom. The molecule has 0 aliphatic carbocycles. The lowest BCUT2D eigenvalue weighted by molar-refractivity contribution is -0.147. The molecule has 0 saturated heterocycles. The van der Waals surface area contributed by atoms with Crippen molar-refractivity contribution in [1.82, 2.24) is 5.32 Å². The Morgan fingerprint density at radius 3 is 2.44 bits per heavy atom. The highest BCUT2D eigenvalue weighted by molar-refractivity contribution is 5.81. The zero-order chi connectivity index (χ0) is 13.4. The fourth-order valence-corrected chi connectivity index (χ4v) is 1.36. The van der Waals surface area contributed by atoms with Crippen LogP contribution >= 0.6 is 0 Å².